The van der Waals surface area contributed by atoms with E-state index in [-0.39, 0.29) is 30.4 Å². The van der Waals surface area contributed by atoms with Crippen LogP contribution in [0.15, 0.2) is 54.6 Å². The molecule has 3 aromatic rings. The van der Waals surface area contributed by atoms with E-state index in [0.29, 0.717) is 41.3 Å². The van der Waals surface area contributed by atoms with E-state index in [1.807, 2.05) is 50.2 Å². The molecule has 0 unspecified atom stereocenters. The maximum absolute atomic E-state index is 14.8. The average Bonchev–Trinajstić information content (AvgIpc) is 3.71. The summed E-state index contributed by atoms with van der Waals surface area (Å²) in [5, 5.41) is 6.25. The van der Waals surface area contributed by atoms with Crippen LogP contribution in [-0.2, 0) is 20.5 Å². The molecule has 0 aliphatic carbocycles. The summed E-state index contributed by atoms with van der Waals surface area (Å²) in [7, 11) is 0. The maximum Gasteiger partial charge on any atom is 0.251 e. The van der Waals surface area contributed by atoms with Crippen LogP contribution in [0.1, 0.15) is 45.5 Å². The number of nitrogens with zero attached hydrogens (tertiary/aromatic N) is 1. The first-order chi connectivity index (χ1) is 18.9. The number of benzene rings is 3. The van der Waals surface area contributed by atoms with Crippen LogP contribution in [0.5, 0.6) is 11.5 Å². The minimum absolute atomic E-state index is 0.102. The molecule has 39 heavy (non-hydrogen) atoms. The zero-order chi connectivity index (χ0) is 26.7. The van der Waals surface area contributed by atoms with E-state index in [2.05, 4.69) is 15.5 Å². The number of Topliss-reactive ketones (excluding diaryl/α,β-unsaturated/α-hetero) is 1. The number of ketones is 1. The number of anilines is 2. The van der Waals surface area contributed by atoms with Crippen molar-refractivity contribution in [1.29, 1.82) is 0 Å². The van der Waals surface area contributed by atoms with Crippen molar-refractivity contribution in [3.05, 3.63) is 82.4 Å². The molecule has 2 saturated heterocycles. The Hall–Kier alpha value is -4.17. The highest BCUT2D eigenvalue weighted by Crippen LogP contribution is 2.68. The third-order valence-corrected chi connectivity index (χ3v) is 9.49. The summed E-state index contributed by atoms with van der Waals surface area (Å²) in [4.78, 5) is 46.1. The molecule has 2 amide bonds. The number of ether oxygens (including phenoxy) is 2. The Morgan fingerprint density at radius 3 is 2.64 bits per heavy atom. The summed E-state index contributed by atoms with van der Waals surface area (Å²) in [6.07, 6.45) is 1.55. The number of nitrogens with one attached hydrogen (secondary N) is 2. The van der Waals surface area contributed by atoms with E-state index in [1.165, 1.54) is 0 Å². The highest BCUT2D eigenvalue weighted by Gasteiger charge is 2.81. The minimum atomic E-state index is -1.46. The largest absolute Gasteiger partial charge is 0.454 e. The first-order valence-electron chi connectivity index (χ1n) is 13.4. The molecule has 0 aromatic heterocycles. The second kappa shape index (κ2) is 7.48. The van der Waals surface area contributed by atoms with Gasteiger partial charge in [-0.05, 0) is 68.6 Å². The number of carbonyl (C=O) groups excluding carboxylic acids is 3. The van der Waals surface area contributed by atoms with Crippen LogP contribution in [0, 0.1) is 19.8 Å². The van der Waals surface area contributed by atoms with E-state index in [1.54, 1.807) is 18.2 Å². The van der Waals surface area contributed by atoms with Gasteiger partial charge in [0.15, 0.2) is 17.3 Å². The van der Waals surface area contributed by atoms with Gasteiger partial charge in [0.1, 0.15) is 11.0 Å². The number of hydrogen-bond donors (Lipinski definition) is 2. The molecule has 196 valence electrons. The lowest BCUT2D eigenvalue weighted by molar-refractivity contribution is -0.137. The normalized spacial score (nSPS) is 29.5. The van der Waals surface area contributed by atoms with Crippen molar-refractivity contribution >= 4 is 29.0 Å². The van der Waals surface area contributed by atoms with Gasteiger partial charge in [-0.3, -0.25) is 19.3 Å². The molecular formula is C31H27N3O5. The standard InChI is InChI=1S/C31H27N3O5/c1-16-12-17(2)26-20(13-16)31(29(37)33-26)30(19-6-3-4-7-21(19)32-28(30)36)25(22-8-5-11-34(22)31)27(35)18-9-10-23-24(14-18)39-15-38-23/h3-4,6-7,9-10,12-14,22,25H,5,8,11,15H2,1-2H3,(H,32,36)(H,33,37)/t22-,25-,30+,31+/m0/s1. The molecule has 2 N–H and O–H groups in total. The zero-order valence-electron chi connectivity index (χ0n) is 21.7. The number of para-hydroxylation sites is 1. The molecule has 4 atom stereocenters. The molecular weight excluding hydrogens is 494 g/mol. The van der Waals surface area contributed by atoms with E-state index < -0.39 is 16.9 Å². The van der Waals surface area contributed by atoms with Gasteiger partial charge in [0.2, 0.25) is 12.7 Å². The quantitative estimate of drug-likeness (QED) is 0.494. The second-order valence-corrected chi connectivity index (χ2v) is 11.3. The van der Waals surface area contributed by atoms with Crippen LogP contribution in [0.25, 0.3) is 0 Å². The van der Waals surface area contributed by atoms with Gasteiger partial charge < -0.3 is 20.1 Å². The molecule has 5 aliphatic rings. The molecule has 3 aromatic carbocycles. The van der Waals surface area contributed by atoms with Crippen molar-refractivity contribution in [3.63, 3.8) is 0 Å². The lowest BCUT2D eigenvalue weighted by Crippen LogP contribution is -2.62. The molecule has 8 heteroatoms. The van der Waals surface area contributed by atoms with Gasteiger partial charge in [0.05, 0.1) is 5.92 Å². The Kier molecular flexibility index (Phi) is 4.37. The van der Waals surface area contributed by atoms with E-state index in [0.717, 1.165) is 28.8 Å². The van der Waals surface area contributed by atoms with E-state index >= 15 is 0 Å². The topological polar surface area (TPSA) is 97.0 Å². The second-order valence-electron chi connectivity index (χ2n) is 11.3. The fourth-order valence-electron chi connectivity index (χ4n) is 8.27. The summed E-state index contributed by atoms with van der Waals surface area (Å²) < 4.78 is 11.1. The Morgan fingerprint density at radius 2 is 1.77 bits per heavy atom. The molecule has 0 saturated carbocycles. The van der Waals surface area contributed by atoms with Gasteiger partial charge in [-0.2, -0.15) is 0 Å². The molecule has 8 nitrogen and oxygen atoms in total. The smallest absolute Gasteiger partial charge is 0.251 e. The van der Waals surface area contributed by atoms with Crippen molar-refractivity contribution < 1.29 is 23.9 Å². The Morgan fingerprint density at radius 1 is 0.949 bits per heavy atom. The van der Waals surface area contributed by atoms with Gasteiger partial charge in [-0.25, -0.2) is 0 Å². The molecule has 5 aliphatic heterocycles. The monoisotopic (exact) mass is 521 g/mol. The van der Waals surface area contributed by atoms with Crippen LogP contribution in [0.3, 0.4) is 0 Å². The van der Waals surface area contributed by atoms with Crippen molar-refractivity contribution in [2.24, 2.45) is 5.92 Å². The Balaban J connectivity index is 1.46. The molecule has 0 bridgehead atoms. The number of fused-ring (bicyclic) bond motifs is 8. The number of amides is 2. The third kappa shape index (κ3) is 2.51. The van der Waals surface area contributed by atoms with Gasteiger partial charge in [-0.15, -0.1) is 0 Å². The first kappa shape index (κ1) is 22.8. The van der Waals surface area contributed by atoms with Crippen molar-refractivity contribution in [1.82, 2.24) is 4.90 Å². The Bertz CT molecular complexity index is 1650. The Labute approximate surface area is 225 Å². The number of rotatable bonds is 2. The van der Waals surface area contributed by atoms with Crippen LogP contribution in [-0.4, -0.2) is 41.9 Å². The van der Waals surface area contributed by atoms with Gasteiger partial charge in [0.25, 0.3) is 5.91 Å². The van der Waals surface area contributed by atoms with Crippen molar-refractivity contribution in [2.45, 2.75) is 43.7 Å². The lowest BCUT2D eigenvalue weighted by atomic mass is 9.57. The first-order valence-corrected chi connectivity index (χ1v) is 13.4. The lowest BCUT2D eigenvalue weighted by Gasteiger charge is -2.43. The van der Waals surface area contributed by atoms with Gasteiger partial charge in [-0.1, -0.05) is 35.9 Å². The minimum Gasteiger partial charge on any atom is -0.454 e. The van der Waals surface area contributed by atoms with Crippen LogP contribution < -0.4 is 20.1 Å². The van der Waals surface area contributed by atoms with Crippen molar-refractivity contribution in [3.8, 4) is 11.5 Å². The van der Waals surface area contributed by atoms with Crippen LogP contribution in [0.2, 0.25) is 0 Å². The maximum atomic E-state index is 14.8. The van der Waals surface area contributed by atoms with Crippen LogP contribution >= 0.6 is 0 Å². The summed E-state index contributed by atoms with van der Waals surface area (Å²) in [6.45, 7) is 4.70. The molecule has 0 radical (unpaired) electrons. The molecule has 2 fully saturated rings. The highest BCUT2D eigenvalue weighted by atomic mass is 16.7. The van der Waals surface area contributed by atoms with E-state index in [4.69, 9.17) is 9.47 Å². The summed E-state index contributed by atoms with van der Waals surface area (Å²) in [5.41, 5.74) is 2.44. The van der Waals surface area contributed by atoms with Gasteiger partial charge in [0, 0.05) is 28.5 Å². The number of carbonyl (C=O) groups is 3. The number of aryl methyl sites for hydroxylation is 2. The fraction of sp³-hybridized carbons (Fsp3) is 0.323. The summed E-state index contributed by atoms with van der Waals surface area (Å²) in [6, 6.07) is 16.5. The molecule has 2 spiro atoms. The summed E-state index contributed by atoms with van der Waals surface area (Å²) in [5.74, 6) is -0.408. The van der Waals surface area contributed by atoms with Crippen LogP contribution in [0.4, 0.5) is 11.4 Å². The molecule has 5 heterocycles. The molecule has 8 rings (SSSR count). The number of hydrogen-bond acceptors (Lipinski definition) is 6. The third-order valence-electron chi connectivity index (χ3n) is 9.49. The summed E-state index contributed by atoms with van der Waals surface area (Å²) >= 11 is 0. The average molecular weight is 522 g/mol. The SMILES string of the molecule is Cc1cc(C)c2c(c1)[C@]1(C(=O)N2)N2CCC[C@H]2[C@@H](C(=O)c2ccc3c(c2)OCO3)[C@]12C(=O)Nc1ccccc12. The predicted octanol–water partition coefficient (Wildman–Crippen LogP) is 4.05. The van der Waals surface area contributed by atoms with Gasteiger partial charge >= 0.3 is 0 Å². The van der Waals surface area contributed by atoms with E-state index in [9.17, 15) is 14.4 Å². The fourth-order valence-corrected chi connectivity index (χ4v) is 8.27. The zero-order valence-corrected chi connectivity index (χ0v) is 21.7. The predicted molar refractivity (Wildman–Crippen MR) is 143 cm³/mol. The highest BCUT2D eigenvalue weighted by molar-refractivity contribution is 6.21. The van der Waals surface area contributed by atoms with Crippen molar-refractivity contribution in [2.75, 3.05) is 24.0 Å².